The zero-order valence-corrected chi connectivity index (χ0v) is 11.5. The van der Waals surface area contributed by atoms with Crippen molar-refractivity contribution in [2.45, 2.75) is 18.3 Å². The normalized spacial score (nSPS) is 15.6. The van der Waals surface area contributed by atoms with Gasteiger partial charge in [0.2, 0.25) is 0 Å². The molecule has 0 heterocycles. The summed E-state index contributed by atoms with van der Waals surface area (Å²) >= 11 is 0. The van der Waals surface area contributed by atoms with Crippen LogP contribution in [0.4, 0.5) is 8.78 Å². The van der Waals surface area contributed by atoms with Crippen molar-refractivity contribution in [1.82, 2.24) is 0 Å². The number of hydrogen-bond acceptors (Lipinski definition) is 2. The maximum absolute atomic E-state index is 14.1. The Bertz CT molecular complexity index is 668. The second-order valence-electron chi connectivity index (χ2n) is 5.24. The highest BCUT2D eigenvalue weighted by molar-refractivity contribution is 6.06. The monoisotopic (exact) mass is 288 g/mol. The zero-order valence-electron chi connectivity index (χ0n) is 11.5. The molecule has 0 unspecified atom stereocenters. The van der Waals surface area contributed by atoms with Gasteiger partial charge in [0.25, 0.3) is 0 Å². The highest BCUT2D eigenvalue weighted by atomic mass is 19.1. The fourth-order valence-corrected chi connectivity index (χ4v) is 2.65. The van der Waals surface area contributed by atoms with E-state index in [0.717, 1.165) is 17.7 Å². The predicted molar refractivity (Wildman–Crippen MR) is 74.6 cm³/mol. The molecule has 1 fully saturated rings. The number of hydrogen-bond donors (Lipinski definition) is 0. The van der Waals surface area contributed by atoms with Crippen LogP contribution in [0.15, 0.2) is 42.5 Å². The molecule has 2 nitrogen and oxygen atoms in total. The minimum atomic E-state index is -0.876. The Balaban J connectivity index is 2.04. The smallest absolute Gasteiger partial charge is 0.179 e. The van der Waals surface area contributed by atoms with Crippen LogP contribution in [0.5, 0.6) is 5.75 Å². The number of ether oxygens (including phenoxy) is 1. The van der Waals surface area contributed by atoms with Gasteiger partial charge < -0.3 is 4.74 Å². The lowest BCUT2D eigenvalue weighted by Gasteiger charge is -2.16. The topological polar surface area (TPSA) is 26.3 Å². The van der Waals surface area contributed by atoms with Crippen molar-refractivity contribution < 1.29 is 18.3 Å². The van der Waals surface area contributed by atoms with E-state index in [2.05, 4.69) is 0 Å². The summed E-state index contributed by atoms with van der Waals surface area (Å²) in [5.41, 5.74) is -0.445. The summed E-state index contributed by atoms with van der Waals surface area (Å²) in [4.78, 5) is 12.6. The Morgan fingerprint density at radius 1 is 1.10 bits per heavy atom. The summed E-state index contributed by atoms with van der Waals surface area (Å²) in [6.45, 7) is 0. The van der Waals surface area contributed by atoms with Crippen molar-refractivity contribution in [1.29, 1.82) is 0 Å². The molecule has 0 amide bonds. The minimum Gasteiger partial charge on any atom is -0.497 e. The molecule has 0 bridgehead atoms. The maximum atomic E-state index is 14.1. The molecular weight excluding hydrogens is 274 g/mol. The molecule has 0 aromatic heterocycles. The SMILES string of the molecule is COc1cc(F)c(C(=O)C2(c3ccccc3)CC2)c(F)c1. The van der Waals surface area contributed by atoms with Gasteiger partial charge in [-0.05, 0) is 18.4 Å². The van der Waals surface area contributed by atoms with Crippen molar-refractivity contribution in [2.75, 3.05) is 7.11 Å². The van der Waals surface area contributed by atoms with Gasteiger partial charge in [-0.2, -0.15) is 0 Å². The van der Waals surface area contributed by atoms with E-state index in [-0.39, 0.29) is 5.75 Å². The average Bonchev–Trinajstić information content (AvgIpc) is 3.29. The lowest BCUT2D eigenvalue weighted by atomic mass is 9.87. The van der Waals surface area contributed by atoms with Crippen LogP contribution in [0.2, 0.25) is 0 Å². The maximum Gasteiger partial charge on any atom is 0.179 e. The lowest BCUT2D eigenvalue weighted by molar-refractivity contribution is 0.0937. The minimum absolute atomic E-state index is 0.0612. The van der Waals surface area contributed by atoms with E-state index in [0.29, 0.717) is 12.8 Å². The lowest BCUT2D eigenvalue weighted by Crippen LogP contribution is -2.23. The number of carbonyl (C=O) groups excluding carboxylic acids is 1. The molecule has 1 saturated carbocycles. The van der Waals surface area contributed by atoms with E-state index in [4.69, 9.17) is 4.74 Å². The van der Waals surface area contributed by atoms with Crippen LogP contribution in [0.1, 0.15) is 28.8 Å². The highest BCUT2D eigenvalue weighted by Crippen LogP contribution is 2.51. The molecule has 0 N–H and O–H groups in total. The third-order valence-corrected chi connectivity index (χ3v) is 3.99. The summed E-state index contributed by atoms with van der Waals surface area (Å²) in [7, 11) is 1.32. The molecule has 0 aliphatic heterocycles. The molecule has 1 aliphatic rings. The number of methoxy groups -OCH3 is 1. The van der Waals surface area contributed by atoms with Crippen LogP contribution < -0.4 is 4.74 Å². The number of Topliss-reactive ketones (excluding diaryl/α,β-unsaturated/α-hetero) is 1. The second-order valence-corrected chi connectivity index (χ2v) is 5.24. The van der Waals surface area contributed by atoms with Gasteiger partial charge in [-0.3, -0.25) is 4.79 Å². The van der Waals surface area contributed by atoms with Crippen LogP contribution in [0.25, 0.3) is 0 Å². The van der Waals surface area contributed by atoms with Gasteiger partial charge in [0.05, 0.1) is 18.1 Å². The molecule has 4 heteroatoms. The molecule has 108 valence electrons. The number of benzene rings is 2. The van der Waals surface area contributed by atoms with Gasteiger partial charge in [0.15, 0.2) is 5.78 Å². The summed E-state index contributed by atoms with van der Waals surface area (Å²) in [5.74, 6) is -2.18. The third-order valence-electron chi connectivity index (χ3n) is 3.99. The summed E-state index contributed by atoms with van der Waals surface area (Å²) < 4.78 is 33.0. The molecule has 0 atom stereocenters. The standard InChI is InChI=1S/C17H14F2O2/c1-21-12-9-13(18)15(14(19)10-12)16(20)17(7-8-17)11-5-3-2-4-6-11/h2-6,9-10H,7-8H2,1H3. The van der Waals surface area contributed by atoms with Gasteiger partial charge in [0, 0.05) is 12.1 Å². The Morgan fingerprint density at radius 3 is 2.14 bits per heavy atom. The Kier molecular flexibility index (Phi) is 3.24. The molecule has 21 heavy (non-hydrogen) atoms. The number of rotatable bonds is 4. The van der Waals surface area contributed by atoms with Gasteiger partial charge in [-0.25, -0.2) is 8.78 Å². The van der Waals surface area contributed by atoms with Crippen molar-refractivity contribution >= 4 is 5.78 Å². The van der Waals surface area contributed by atoms with E-state index in [1.54, 1.807) is 0 Å². The van der Waals surface area contributed by atoms with Crippen molar-refractivity contribution in [3.05, 3.63) is 65.2 Å². The molecule has 2 aromatic rings. The highest BCUT2D eigenvalue weighted by Gasteiger charge is 2.52. The van der Waals surface area contributed by atoms with E-state index >= 15 is 0 Å². The van der Waals surface area contributed by atoms with Crippen LogP contribution in [0, 0.1) is 11.6 Å². The van der Waals surface area contributed by atoms with Crippen LogP contribution in [-0.4, -0.2) is 12.9 Å². The predicted octanol–water partition coefficient (Wildman–Crippen LogP) is 3.89. The largest absolute Gasteiger partial charge is 0.497 e. The van der Waals surface area contributed by atoms with Crippen LogP contribution in [0.3, 0.4) is 0 Å². The van der Waals surface area contributed by atoms with E-state index in [1.165, 1.54) is 7.11 Å². The van der Waals surface area contributed by atoms with E-state index < -0.39 is 28.4 Å². The third kappa shape index (κ3) is 2.20. The van der Waals surface area contributed by atoms with E-state index in [1.807, 2.05) is 30.3 Å². The Morgan fingerprint density at radius 2 is 1.67 bits per heavy atom. The zero-order chi connectivity index (χ0) is 15.0. The molecule has 0 saturated heterocycles. The average molecular weight is 288 g/mol. The summed E-state index contributed by atoms with van der Waals surface area (Å²) in [5, 5.41) is 0. The Hall–Kier alpha value is -2.23. The first-order valence-electron chi connectivity index (χ1n) is 6.72. The molecule has 0 radical (unpaired) electrons. The van der Waals surface area contributed by atoms with Gasteiger partial charge in [0.1, 0.15) is 17.4 Å². The first-order chi connectivity index (χ1) is 10.1. The first kappa shape index (κ1) is 13.7. The Labute approximate surface area is 121 Å². The summed E-state index contributed by atoms with van der Waals surface area (Å²) in [6, 6.07) is 11.2. The first-order valence-corrected chi connectivity index (χ1v) is 6.72. The van der Waals surface area contributed by atoms with Crippen molar-refractivity contribution in [3.63, 3.8) is 0 Å². The van der Waals surface area contributed by atoms with Crippen LogP contribution in [-0.2, 0) is 5.41 Å². The van der Waals surface area contributed by atoms with Gasteiger partial charge in [-0.15, -0.1) is 0 Å². The number of carbonyl (C=O) groups is 1. The molecule has 0 spiro atoms. The quantitative estimate of drug-likeness (QED) is 0.798. The van der Waals surface area contributed by atoms with Crippen molar-refractivity contribution in [2.24, 2.45) is 0 Å². The number of ketones is 1. The van der Waals surface area contributed by atoms with Crippen molar-refractivity contribution in [3.8, 4) is 5.75 Å². The molecule has 2 aromatic carbocycles. The molecular formula is C17H14F2O2. The van der Waals surface area contributed by atoms with Gasteiger partial charge in [-0.1, -0.05) is 30.3 Å². The molecule has 1 aliphatic carbocycles. The fraction of sp³-hybridized carbons (Fsp3) is 0.235. The fourth-order valence-electron chi connectivity index (χ4n) is 2.65. The van der Waals surface area contributed by atoms with E-state index in [9.17, 15) is 13.6 Å². The van der Waals surface area contributed by atoms with Crippen LogP contribution >= 0.6 is 0 Å². The molecule has 3 rings (SSSR count). The second kappa shape index (κ2) is 4.95. The summed E-state index contributed by atoms with van der Waals surface area (Å²) in [6.07, 6.45) is 1.22. The van der Waals surface area contributed by atoms with Gasteiger partial charge >= 0.3 is 0 Å². The number of halogens is 2.